The molecular formula is C22H27N6O10P. The lowest BCUT2D eigenvalue weighted by Crippen LogP contribution is -2.46. The first-order chi connectivity index (χ1) is 18.5. The molecule has 3 rings (SSSR count). The molecule has 0 aliphatic carbocycles. The second-order valence-electron chi connectivity index (χ2n) is 8.51. The lowest BCUT2D eigenvalue weighted by atomic mass is 10.1. The average molecular weight is 566 g/mol. The van der Waals surface area contributed by atoms with Crippen LogP contribution in [0, 0.1) is 0 Å². The maximum Gasteiger partial charge on any atom is 0.395 e. The fourth-order valence-corrected chi connectivity index (χ4v) is 4.17. The van der Waals surface area contributed by atoms with E-state index in [1.165, 1.54) is 19.1 Å². The molecule has 0 saturated carbocycles. The van der Waals surface area contributed by atoms with Gasteiger partial charge in [0.2, 0.25) is 11.5 Å². The van der Waals surface area contributed by atoms with E-state index >= 15 is 0 Å². The highest BCUT2D eigenvalue weighted by atomic mass is 31.1. The Balaban J connectivity index is 1.79. The van der Waals surface area contributed by atoms with E-state index in [2.05, 4.69) is 14.8 Å². The van der Waals surface area contributed by atoms with Gasteiger partial charge in [-0.05, 0) is 37.9 Å². The summed E-state index contributed by atoms with van der Waals surface area (Å²) < 4.78 is 26.4. The number of aromatic amines is 1. The summed E-state index contributed by atoms with van der Waals surface area (Å²) in [5, 5.41) is 24.7. The number of azide groups is 1. The van der Waals surface area contributed by atoms with E-state index in [0.717, 1.165) is 16.8 Å². The first-order valence-corrected chi connectivity index (χ1v) is 12.8. The molecule has 0 spiro atoms. The summed E-state index contributed by atoms with van der Waals surface area (Å²) >= 11 is 0. The van der Waals surface area contributed by atoms with Gasteiger partial charge in [0, 0.05) is 17.2 Å². The summed E-state index contributed by atoms with van der Waals surface area (Å²) in [7, 11) is -2.75. The molecule has 17 heteroatoms. The van der Waals surface area contributed by atoms with Crippen LogP contribution in [-0.2, 0) is 14.3 Å². The second-order valence-corrected chi connectivity index (χ2v) is 9.40. The minimum Gasteiger partial charge on any atom is -0.575 e. The number of hydrogen-bond acceptors (Lipinski definition) is 12. The van der Waals surface area contributed by atoms with E-state index in [0.29, 0.717) is 6.42 Å². The van der Waals surface area contributed by atoms with Crippen LogP contribution < -0.4 is 25.4 Å². The minimum absolute atomic E-state index is 0.0339. The van der Waals surface area contributed by atoms with Crippen LogP contribution in [0.15, 0.2) is 56.0 Å². The zero-order chi connectivity index (χ0) is 28.7. The molecule has 7 atom stereocenters. The van der Waals surface area contributed by atoms with Gasteiger partial charge in [-0.2, -0.15) is 0 Å². The maximum atomic E-state index is 12.5. The van der Waals surface area contributed by atoms with Crippen LogP contribution >= 0.6 is 8.17 Å². The van der Waals surface area contributed by atoms with Crippen LogP contribution in [0.5, 0.6) is 11.5 Å². The van der Waals surface area contributed by atoms with Gasteiger partial charge in [0.05, 0.1) is 6.10 Å². The Morgan fingerprint density at radius 2 is 2.00 bits per heavy atom. The van der Waals surface area contributed by atoms with E-state index in [9.17, 15) is 29.5 Å². The van der Waals surface area contributed by atoms with Crippen molar-refractivity contribution in [2.24, 2.45) is 9.86 Å². The fraction of sp³-hybridized carbons (Fsp3) is 0.500. The Hall–Kier alpha value is -3.78. The molecule has 0 bridgehead atoms. The Bertz CT molecular complexity index is 1380. The van der Waals surface area contributed by atoms with Crippen molar-refractivity contribution in [3.8, 4) is 11.5 Å². The fourth-order valence-electron chi connectivity index (χ4n) is 3.43. The third kappa shape index (κ3) is 7.00. The average Bonchev–Trinajstić information content (AvgIpc) is 3.13. The number of H-pyrrole nitrogens is 1. The number of aliphatic hydroxyl groups excluding tert-OH is 2. The van der Waals surface area contributed by atoms with Crippen LogP contribution in [0.2, 0.25) is 0 Å². The standard InChI is InChI=1S/C22H27N6O10P/c1-4-12(2)36-20(32)13(3)25-39(34)38-15-8-6-5-7-14(15)35-11-22(26-27-23)18(31)17(30)19(37-22)28-10-9-16(29)24-21(28)33/h5-10,12-13,17-19,30-31H,4,11H2,1-3H3,(H,24,29,33)/t12?,13-,17-,18+,19-,22-/m1/s1. The number of nitrogens with zero attached hydrogens (tertiary/aromatic N) is 5. The number of ether oxygens (including phenoxy) is 3. The van der Waals surface area contributed by atoms with Crippen molar-refractivity contribution in [1.82, 2.24) is 9.55 Å². The van der Waals surface area contributed by atoms with Crippen molar-refractivity contribution in [1.29, 1.82) is 0 Å². The van der Waals surface area contributed by atoms with Gasteiger partial charge >= 0.3 is 19.8 Å². The van der Waals surface area contributed by atoms with Crippen molar-refractivity contribution in [2.75, 3.05) is 6.61 Å². The number of para-hydroxylation sites is 2. The molecule has 1 aromatic carbocycles. The van der Waals surface area contributed by atoms with E-state index in [-0.39, 0.29) is 17.6 Å². The van der Waals surface area contributed by atoms with E-state index in [1.54, 1.807) is 19.1 Å². The predicted octanol–water partition coefficient (Wildman–Crippen LogP) is 0.838. The summed E-state index contributed by atoms with van der Waals surface area (Å²) in [6, 6.07) is 5.81. The second kappa shape index (κ2) is 12.8. The SMILES string of the molecule is CCC(C)OC(=O)[C@@H](C)N=[P+]([O-])Oc1ccccc1OC[C@@]1(N=[N+]=[N-])O[C@@H](n2ccc(=O)[nH]c2=O)[C@H](O)[C@@H]1O. The normalized spacial score (nSPS) is 24.4. The first-order valence-electron chi connectivity index (χ1n) is 11.7. The Morgan fingerprint density at radius 1 is 1.31 bits per heavy atom. The van der Waals surface area contributed by atoms with Gasteiger partial charge in [-0.1, -0.05) is 28.9 Å². The summed E-state index contributed by atoms with van der Waals surface area (Å²) in [6.45, 7) is 4.27. The zero-order valence-corrected chi connectivity index (χ0v) is 22.0. The molecule has 0 radical (unpaired) electrons. The molecule has 16 nitrogen and oxygen atoms in total. The predicted molar refractivity (Wildman–Crippen MR) is 133 cm³/mol. The maximum absolute atomic E-state index is 12.5. The van der Waals surface area contributed by atoms with Gasteiger partial charge in [-0.3, -0.25) is 18.9 Å². The molecule has 2 aromatic rings. The molecule has 1 saturated heterocycles. The molecule has 1 aliphatic rings. The summed E-state index contributed by atoms with van der Waals surface area (Å²) in [5.74, 6) is -0.769. The van der Waals surface area contributed by atoms with Crippen LogP contribution in [0.1, 0.15) is 33.4 Å². The number of nitrogens with one attached hydrogen (secondary N) is 1. The Kier molecular flexibility index (Phi) is 9.81. The molecule has 2 unspecified atom stereocenters. The van der Waals surface area contributed by atoms with Gasteiger partial charge in [0.15, 0.2) is 18.0 Å². The summed E-state index contributed by atoms with van der Waals surface area (Å²) in [4.78, 5) is 52.8. The summed E-state index contributed by atoms with van der Waals surface area (Å²) in [6.07, 6.45) is -3.87. The lowest BCUT2D eigenvalue weighted by Gasteiger charge is -2.26. The Labute approximate surface area is 222 Å². The Morgan fingerprint density at radius 3 is 2.64 bits per heavy atom. The van der Waals surface area contributed by atoms with Gasteiger partial charge in [-0.25, -0.2) is 9.59 Å². The number of aliphatic hydroxyl groups is 2. The number of esters is 1. The highest BCUT2D eigenvalue weighted by Gasteiger charge is 2.56. The van der Waals surface area contributed by atoms with E-state index < -0.39 is 62.2 Å². The highest BCUT2D eigenvalue weighted by molar-refractivity contribution is 7.34. The van der Waals surface area contributed by atoms with Gasteiger partial charge in [-0.15, -0.1) is 0 Å². The zero-order valence-electron chi connectivity index (χ0n) is 21.1. The van der Waals surface area contributed by atoms with Crippen molar-refractivity contribution < 1.29 is 38.6 Å². The monoisotopic (exact) mass is 566 g/mol. The van der Waals surface area contributed by atoms with Crippen molar-refractivity contribution in [2.45, 2.75) is 63.5 Å². The molecular weight excluding hydrogens is 539 g/mol. The third-order valence-electron chi connectivity index (χ3n) is 5.70. The molecule has 3 N–H and O–H groups in total. The number of carbonyl (C=O) groups excluding carboxylic acids is 1. The molecule has 1 fully saturated rings. The smallest absolute Gasteiger partial charge is 0.395 e. The minimum atomic E-state index is -2.75. The largest absolute Gasteiger partial charge is 0.575 e. The van der Waals surface area contributed by atoms with Crippen LogP contribution in [0.3, 0.4) is 0 Å². The van der Waals surface area contributed by atoms with Crippen molar-refractivity contribution in [3.63, 3.8) is 0 Å². The highest BCUT2D eigenvalue weighted by Crippen LogP contribution is 2.40. The number of hydrogen-bond donors (Lipinski definition) is 3. The van der Waals surface area contributed by atoms with Crippen molar-refractivity contribution in [3.05, 3.63) is 67.8 Å². The van der Waals surface area contributed by atoms with E-state index in [1.807, 2.05) is 11.9 Å². The van der Waals surface area contributed by atoms with Crippen LogP contribution in [0.25, 0.3) is 10.4 Å². The topological polar surface area (TPSA) is 233 Å². The number of benzene rings is 1. The third-order valence-corrected chi connectivity index (χ3v) is 6.59. The molecule has 0 amide bonds. The van der Waals surface area contributed by atoms with Crippen molar-refractivity contribution >= 4 is 14.1 Å². The number of aromatic nitrogens is 2. The van der Waals surface area contributed by atoms with Gasteiger partial charge < -0.3 is 29.3 Å². The van der Waals surface area contributed by atoms with Crippen LogP contribution in [-0.4, -0.2) is 62.4 Å². The molecule has 2 heterocycles. The quantitative estimate of drug-likeness (QED) is 0.114. The summed E-state index contributed by atoms with van der Waals surface area (Å²) in [5.41, 5.74) is 5.26. The number of rotatable bonds is 11. The number of carbonyl (C=O) groups is 1. The van der Waals surface area contributed by atoms with E-state index in [4.69, 9.17) is 24.3 Å². The van der Waals surface area contributed by atoms with Gasteiger partial charge in [0.25, 0.3) is 5.56 Å². The van der Waals surface area contributed by atoms with Crippen LogP contribution in [0.4, 0.5) is 0 Å². The lowest BCUT2D eigenvalue weighted by molar-refractivity contribution is -0.170. The molecule has 39 heavy (non-hydrogen) atoms. The first kappa shape index (κ1) is 29.8. The molecule has 210 valence electrons. The molecule has 1 aromatic heterocycles. The van der Waals surface area contributed by atoms with Gasteiger partial charge in [0.1, 0.15) is 18.8 Å². The molecule has 1 aliphatic heterocycles.